The molecule has 0 bridgehead atoms. The Morgan fingerprint density at radius 3 is 2.96 bits per heavy atom. The summed E-state index contributed by atoms with van der Waals surface area (Å²) >= 11 is 6.00. The molecule has 2 atom stereocenters. The van der Waals surface area contributed by atoms with Gasteiger partial charge in [-0.25, -0.2) is 4.79 Å². The normalized spacial score (nSPS) is 18.1. The fourth-order valence-corrected chi connectivity index (χ4v) is 3.66. The fraction of sp³-hybridized carbons (Fsp3) is 0.474. The van der Waals surface area contributed by atoms with Crippen molar-refractivity contribution < 1.29 is 19.8 Å². The first-order valence-electron chi connectivity index (χ1n) is 9.24. The minimum absolute atomic E-state index is 0.148. The first kappa shape index (κ1) is 20.4. The lowest BCUT2D eigenvalue weighted by Gasteiger charge is -2.38. The van der Waals surface area contributed by atoms with Gasteiger partial charge in [-0.15, -0.1) is 0 Å². The van der Waals surface area contributed by atoms with Crippen LogP contribution in [0.2, 0.25) is 5.02 Å². The average Bonchev–Trinajstić information content (AvgIpc) is 3.12. The van der Waals surface area contributed by atoms with E-state index in [1.165, 1.54) is 4.90 Å². The number of H-pyrrole nitrogens is 1. The number of rotatable bonds is 5. The molecular weight excluding hydrogens is 384 g/mol. The van der Waals surface area contributed by atoms with E-state index in [4.69, 9.17) is 16.7 Å². The predicted molar refractivity (Wildman–Crippen MR) is 106 cm³/mol. The molecule has 1 aromatic carbocycles. The van der Waals surface area contributed by atoms with Gasteiger partial charge in [0.05, 0.1) is 19.2 Å². The number of amides is 3. The predicted octanol–water partition coefficient (Wildman–Crippen LogP) is 1.31. The number of piperidine rings is 1. The highest BCUT2D eigenvalue weighted by Crippen LogP contribution is 2.20. The van der Waals surface area contributed by atoms with Crippen molar-refractivity contribution >= 4 is 34.4 Å². The molecule has 4 N–H and O–H groups in total. The molecule has 9 heteroatoms. The first-order chi connectivity index (χ1) is 13.4. The van der Waals surface area contributed by atoms with E-state index >= 15 is 0 Å². The summed E-state index contributed by atoms with van der Waals surface area (Å²) in [5.41, 5.74) is 1.82. The average molecular weight is 409 g/mol. The Kier molecular flexibility index (Phi) is 6.43. The van der Waals surface area contributed by atoms with E-state index in [-0.39, 0.29) is 12.1 Å². The molecule has 0 spiro atoms. The van der Waals surface area contributed by atoms with Gasteiger partial charge in [-0.1, -0.05) is 11.6 Å². The topological polar surface area (TPSA) is 109 Å². The van der Waals surface area contributed by atoms with Crippen LogP contribution in [0.4, 0.5) is 4.79 Å². The van der Waals surface area contributed by atoms with Crippen LogP contribution in [-0.4, -0.2) is 75.8 Å². The summed E-state index contributed by atoms with van der Waals surface area (Å²) in [5.74, 6) is -0.502. The number of aromatic amines is 1. The zero-order valence-electron chi connectivity index (χ0n) is 15.7. The van der Waals surface area contributed by atoms with E-state index < -0.39 is 18.6 Å². The highest BCUT2D eigenvalue weighted by molar-refractivity contribution is 6.31. The summed E-state index contributed by atoms with van der Waals surface area (Å²) < 4.78 is 0. The van der Waals surface area contributed by atoms with Gasteiger partial charge >= 0.3 is 6.03 Å². The lowest BCUT2D eigenvalue weighted by molar-refractivity contribution is -0.144. The Balaban J connectivity index is 1.56. The number of urea groups is 1. The van der Waals surface area contributed by atoms with Crippen LogP contribution < -0.4 is 5.32 Å². The SMILES string of the molecule is CN(C(=O)NCc1cc2cc(Cl)ccc2[nH]1)[C@@H]1CCCN(C(=O)C(O)CO)C1. The van der Waals surface area contributed by atoms with Crippen molar-refractivity contribution in [1.82, 2.24) is 20.1 Å². The molecular formula is C19H25ClN4O4. The minimum atomic E-state index is -1.41. The molecule has 0 radical (unpaired) electrons. The summed E-state index contributed by atoms with van der Waals surface area (Å²) in [7, 11) is 1.70. The van der Waals surface area contributed by atoms with Gasteiger partial charge in [0.15, 0.2) is 6.10 Å². The van der Waals surface area contributed by atoms with Crippen LogP contribution in [0, 0.1) is 0 Å². The van der Waals surface area contributed by atoms with Crippen molar-refractivity contribution in [2.24, 2.45) is 0 Å². The van der Waals surface area contributed by atoms with Crippen LogP contribution >= 0.6 is 11.6 Å². The maximum atomic E-state index is 12.5. The van der Waals surface area contributed by atoms with Gasteiger partial charge in [0.25, 0.3) is 5.91 Å². The maximum absolute atomic E-state index is 12.5. The van der Waals surface area contributed by atoms with Gasteiger partial charge in [0.1, 0.15) is 0 Å². The zero-order chi connectivity index (χ0) is 20.3. The Morgan fingerprint density at radius 1 is 1.43 bits per heavy atom. The molecule has 3 rings (SSSR count). The van der Waals surface area contributed by atoms with Crippen LogP contribution in [0.15, 0.2) is 24.3 Å². The van der Waals surface area contributed by atoms with Crippen molar-refractivity contribution in [2.75, 3.05) is 26.7 Å². The van der Waals surface area contributed by atoms with Gasteiger partial charge in [-0.2, -0.15) is 0 Å². The second-order valence-corrected chi connectivity index (χ2v) is 7.51. The van der Waals surface area contributed by atoms with Crippen LogP contribution in [0.25, 0.3) is 10.9 Å². The van der Waals surface area contributed by atoms with Crippen LogP contribution in [0.1, 0.15) is 18.5 Å². The number of benzene rings is 1. The first-order valence-corrected chi connectivity index (χ1v) is 9.62. The number of likely N-dealkylation sites (tertiary alicyclic amines) is 1. The Bertz CT molecular complexity index is 856. The maximum Gasteiger partial charge on any atom is 0.317 e. The van der Waals surface area contributed by atoms with Gasteiger partial charge < -0.3 is 30.3 Å². The number of aliphatic hydroxyl groups excluding tert-OH is 2. The van der Waals surface area contributed by atoms with E-state index in [1.807, 2.05) is 18.2 Å². The van der Waals surface area contributed by atoms with Crippen molar-refractivity contribution in [3.8, 4) is 0 Å². The quantitative estimate of drug-likeness (QED) is 0.598. The summed E-state index contributed by atoms with van der Waals surface area (Å²) in [5, 5.41) is 23.0. The number of carbonyl (C=O) groups excluding carboxylic acids is 2. The molecule has 1 aromatic heterocycles. The van der Waals surface area contributed by atoms with Crippen LogP contribution in [-0.2, 0) is 11.3 Å². The van der Waals surface area contributed by atoms with E-state index in [9.17, 15) is 14.7 Å². The highest BCUT2D eigenvalue weighted by Gasteiger charge is 2.30. The molecule has 3 amide bonds. The number of nitrogens with zero attached hydrogens (tertiary/aromatic N) is 2. The number of fused-ring (bicyclic) bond motifs is 1. The monoisotopic (exact) mass is 408 g/mol. The molecule has 28 heavy (non-hydrogen) atoms. The minimum Gasteiger partial charge on any atom is -0.393 e. The highest BCUT2D eigenvalue weighted by atomic mass is 35.5. The summed E-state index contributed by atoms with van der Waals surface area (Å²) in [6, 6.07) is 7.12. The Labute approximate surface area is 168 Å². The molecule has 2 heterocycles. The molecule has 152 valence electrons. The molecule has 0 aliphatic carbocycles. The number of nitrogens with one attached hydrogen (secondary N) is 2. The number of hydrogen-bond donors (Lipinski definition) is 4. The number of carbonyl (C=O) groups is 2. The van der Waals surface area contributed by atoms with Crippen molar-refractivity contribution in [1.29, 1.82) is 0 Å². The second-order valence-electron chi connectivity index (χ2n) is 7.07. The van der Waals surface area contributed by atoms with Crippen LogP contribution in [0.3, 0.4) is 0 Å². The third-order valence-corrected chi connectivity index (χ3v) is 5.34. The molecule has 1 unspecified atom stereocenters. The smallest absolute Gasteiger partial charge is 0.317 e. The van der Waals surface area contributed by atoms with Gasteiger partial charge in [-0.05, 0) is 37.1 Å². The van der Waals surface area contributed by atoms with Crippen molar-refractivity contribution in [2.45, 2.75) is 31.5 Å². The van der Waals surface area contributed by atoms with E-state index in [0.29, 0.717) is 24.7 Å². The molecule has 8 nitrogen and oxygen atoms in total. The summed E-state index contributed by atoms with van der Waals surface area (Å²) in [6.45, 7) is 0.588. The van der Waals surface area contributed by atoms with Gasteiger partial charge in [0, 0.05) is 41.8 Å². The standard InChI is InChI=1S/C19H25ClN4O4/c1-23(15-3-2-6-24(10-15)18(27)17(26)11-25)19(28)21-9-14-8-12-7-13(20)4-5-16(12)22-14/h4-5,7-8,15,17,22,25-26H,2-3,6,9-11H2,1H3,(H,21,28)/t15-,17?/m1/s1. The van der Waals surface area contributed by atoms with E-state index in [2.05, 4.69) is 10.3 Å². The summed E-state index contributed by atoms with van der Waals surface area (Å²) in [4.78, 5) is 30.9. The summed E-state index contributed by atoms with van der Waals surface area (Å²) in [6.07, 6.45) is 0.0938. The molecule has 1 saturated heterocycles. The fourth-order valence-electron chi connectivity index (χ4n) is 3.48. The zero-order valence-corrected chi connectivity index (χ0v) is 16.4. The van der Waals surface area contributed by atoms with Crippen molar-refractivity contribution in [3.05, 3.63) is 35.0 Å². The molecule has 1 fully saturated rings. The number of hydrogen-bond acceptors (Lipinski definition) is 4. The lowest BCUT2D eigenvalue weighted by atomic mass is 10.0. The molecule has 1 aliphatic rings. The van der Waals surface area contributed by atoms with Crippen LogP contribution in [0.5, 0.6) is 0 Å². The number of likely N-dealkylation sites (N-methyl/N-ethyl adjacent to an activating group) is 1. The second kappa shape index (κ2) is 8.81. The van der Waals surface area contributed by atoms with Gasteiger partial charge in [-0.3, -0.25) is 4.79 Å². The van der Waals surface area contributed by atoms with E-state index in [1.54, 1.807) is 18.0 Å². The molecule has 0 saturated carbocycles. The third-order valence-electron chi connectivity index (χ3n) is 5.10. The number of aromatic nitrogens is 1. The Morgan fingerprint density at radius 2 is 2.21 bits per heavy atom. The largest absolute Gasteiger partial charge is 0.393 e. The van der Waals surface area contributed by atoms with Crippen molar-refractivity contribution in [3.63, 3.8) is 0 Å². The third kappa shape index (κ3) is 4.57. The molecule has 2 aromatic rings. The molecule has 1 aliphatic heterocycles. The van der Waals surface area contributed by atoms with Gasteiger partial charge in [0.2, 0.25) is 0 Å². The number of halogens is 1. The number of aliphatic hydroxyl groups is 2. The van der Waals surface area contributed by atoms with E-state index in [0.717, 1.165) is 29.4 Å². The lowest BCUT2D eigenvalue weighted by Crippen LogP contribution is -2.54. The Hall–Kier alpha value is -2.29.